The molecule has 14 heteroatoms. The molecule has 1 fully saturated rings. The molecule has 2 N–H and O–H groups in total. The van der Waals surface area contributed by atoms with E-state index >= 15 is 0 Å². The van der Waals surface area contributed by atoms with E-state index in [0.29, 0.717) is 51.2 Å². The SMILES string of the molecule is C[C@@H]1C[C@@H](N2Cc3cnc(Nc4cc(C(C)(F)F)cc(C(F)(F)F)c4)nc3C2)CCN1C(=O)c1ccnc(C(=O)O)c1. The van der Waals surface area contributed by atoms with Gasteiger partial charge in [-0.05, 0) is 50.1 Å². The van der Waals surface area contributed by atoms with E-state index in [9.17, 15) is 36.6 Å². The summed E-state index contributed by atoms with van der Waals surface area (Å²) in [5.74, 6) is -4.97. The molecule has 222 valence electrons. The lowest BCUT2D eigenvalue weighted by atomic mass is 9.96. The van der Waals surface area contributed by atoms with Gasteiger partial charge in [0.15, 0.2) is 0 Å². The molecule has 2 aliphatic rings. The second-order valence-corrected chi connectivity index (χ2v) is 10.6. The first kappa shape index (κ1) is 29.3. The molecule has 9 nitrogen and oxygen atoms in total. The fraction of sp³-hybridized carbons (Fsp3) is 0.393. The monoisotopic (exact) mass is 590 g/mol. The number of likely N-dealkylation sites (tertiary alicyclic amines) is 1. The van der Waals surface area contributed by atoms with Gasteiger partial charge in [0.05, 0.1) is 11.3 Å². The number of pyridine rings is 1. The summed E-state index contributed by atoms with van der Waals surface area (Å²) in [6, 6.07) is 4.85. The Labute approximate surface area is 237 Å². The van der Waals surface area contributed by atoms with Gasteiger partial charge in [0.1, 0.15) is 5.69 Å². The van der Waals surface area contributed by atoms with Crippen LogP contribution in [0.25, 0.3) is 0 Å². The number of rotatable bonds is 6. The maximum Gasteiger partial charge on any atom is 0.416 e. The molecule has 0 radical (unpaired) electrons. The normalized spacial score (nSPS) is 19.5. The molecule has 42 heavy (non-hydrogen) atoms. The molecule has 2 aliphatic heterocycles. The molecule has 2 atom stereocenters. The van der Waals surface area contributed by atoms with E-state index < -0.39 is 29.2 Å². The average molecular weight is 591 g/mol. The molecule has 1 amide bonds. The molecule has 2 aromatic heterocycles. The number of nitrogens with one attached hydrogen (secondary N) is 1. The molecule has 1 aromatic carbocycles. The summed E-state index contributed by atoms with van der Waals surface area (Å²) in [5, 5.41) is 11.8. The Kier molecular flexibility index (Phi) is 7.60. The van der Waals surface area contributed by atoms with Crippen LogP contribution in [0.4, 0.5) is 33.6 Å². The molecule has 0 spiro atoms. The largest absolute Gasteiger partial charge is 0.477 e. The summed E-state index contributed by atoms with van der Waals surface area (Å²) in [7, 11) is 0. The highest BCUT2D eigenvalue weighted by atomic mass is 19.4. The Bertz CT molecular complexity index is 1490. The van der Waals surface area contributed by atoms with Crippen LogP contribution < -0.4 is 5.32 Å². The van der Waals surface area contributed by atoms with E-state index in [-0.39, 0.29) is 40.9 Å². The van der Waals surface area contributed by atoms with Crippen molar-refractivity contribution >= 4 is 23.5 Å². The predicted molar refractivity (Wildman–Crippen MR) is 140 cm³/mol. The van der Waals surface area contributed by atoms with Crippen LogP contribution in [0.3, 0.4) is 0 Å². The number of nitrogens with zero attached hydrogens (tertiary/aromatic N) is 5. The number of aromatic carboxylic acids is 1. The van der Waals surface area contributed by atoms with E-state index in [1.807, 2.05) is 6.92 Å². The van der Waals surface area contributed by atoms with Crippen molar-refractivity contribution < 1.29 is 36.6 Å². The Morgan fingerprint density at radius 2 is 1.79 bits per heavy atom. The summed E-state index contributed by atoms with van der Waals surface area (Å²) in [6.07, 6.45) is -0.622. The van der Waals surface area contributed by atoms with E-state index in [2.05, 4.69) is 25.2 Å². The minimum Gasteiger partial charge on any atom is -0.477 e. The summed E-state index contributed by atoms with van der Waals surface area (Å²) >= 11 is 0. The van der Waals surface area contributed by atoms with Crippen molar-refractivity contribution in [2.75, 3.05) is 11.9 Å². The van der Waals surface area contributed by atoms with E-state index in [0.717, 1.165) is 17.7 Å². The predicted octanol–water partition coefficient (Wildman–Crippen LogP) is 5.45. The molecule has 3 aromatic rings. The van der Waals surface area contributed by atoms with Crippen LogP contribution in [0.2, 0.25) is 0 Å². The number of fused-ring (bicyclic) bond motifs is 1. The average Bonchev–Trinajstić information content (AvgIpc) is 3.35. The smallest absolute Gasteiger partial charge is 0.416 e. The first-order chi connectivity index (χ1) is 19.7. The van der Waals surface area contributed by atoms with Crippen LogP contribution in [0.15, 0.2) is 42.7 Å². The molecule has 0 saturated carbocycles. The number of aromatic nitrogens is 3. The fourth-order valence-corrected chi connectivity index (χ4v) is 5.37. The summed E-state index contributed by atoms with van der Waals surface area (Å²) in [5.41, 5.74) is -0.623. The van der Waals surface area contributed by atoms with Crippen molar-refractivity contribution in [3.05, 3.63) is 76.4 Å². The molecular weight excluding hydrogens is 563 g/mol. The molecular formula is C28H27F5N6O3. The van der Waals surface area contributed by atoms with Gasteiger partial charge >= 0.3 is 12.1 Å². The van der Waals surface area contributed by atoms with Crippen molar-refractivity contribution in [2.24, 2.45) is 0 Å². The summed E-state index contributed by atoms with van der Waals surface area (Å²) < 4.78 is 67.8. The van der Waals surface area contributed by atoms with E-state index in [1.165, 1.54) is 18.3 Å². The van der Waals surface area contributed by atoms with Gasteiger partial charge in [-0.25, -0.2) is 28.5 Å². The fourth-order valence-electron chi connectivity index (χ4n) is 5.37. The number of benzene rings is 1. The van der Waals surface area contributed by atoms with Crippen LogP contribution in [-0.4, -0.2) is 60.4 Å². The highest BCUT2D eigenvalue weighted by Crippen LogP contribution is 2.37. The second-order valence-electron chi connectivity index (χ2n) is 10.6. The van der Waals surface area contributed by atoms with Crippen molar-refractivity contribution in [1.82, 2.24) is 24.8 Å². The highest BCUT2D eigenvalue weighted by Gasteiger charge is 2.36. The Morgan fingerprint density at radius 3 is 2.45 bits per heavy atom. The van der Waals surface area contributed by atoms with Crippen molar-refractivity contribution in [3.63, 3.8) is 0 Å². The minimum absolute atomic E-state index is 0.00726. The van der Waals surface area contributed by atoms with Crippen molar-refractivity contribution in [2.45, 2.75) is 64.0 Å². The first-order valence-corrected chi connectivity index (χ1v) is 13.2. The van der Waals surface area contributed by atoms with Crippen LogP contribution in [0, 0.1) is 0 Å². The quantitative estimate of drug-likeness (QED) is 0.365. The number of anilines is 2. The second kappa shape index (κ2) is 10.9. The van der Waals surface area contributed by atoms with Gasteiger partial charge in [0, 0.05) is 73.4 Å². The Hall–Kier alpha value is -4.20. The summed E-state index contributed by atoms with van der Waals surface area (Å²) in [6.45, 7) is 3.91. The third-order valence-corrected chi connectivity index (χ3v) is 7.56. The zero-order valence-corrected chi connectivity index (χ0v) is 22.6. The number of carboxylic acid groups (broad SMARTS) is 1. The Balaban J connectivity index is 1.26. The first-order valence-electron chi connectivity index (χ1n) is 13.2. The van der Waals surface area contributed by atoms with Gasteiger partial charge in [-0.2, -0.15) is 13.2 Å². The van der Waals surface area contributed by atoms with Crippen LogP contribution in [0.5, 0.6) is 0 Å². The number of hydrogen-bond donors (Lipinski definition) is 2. The van der Waals surface area contributed by atoms with Gasteiger partial charge in [-0.1, -0.05) is 0 Å². The van der Waals surface area contributed by atoms with Crippen molar-refractivity contribution in [3.8, 4) is 0 Å². The standard InChI is InChI=1S/C28H27F5N6O3/c1-15-7-21(4-6-39(15)24(40)16-3-5-34-22(8-16)25(41)42)38-13-17-12-35-26(37-23(17)14-38)36-20-10-18(27(2,29)30)9-19(11-20)28(31,32)33/h3,5,8-12,15,21H,4,6-7,13-14H2,1-2H3,(H,41,42)(H,35,36,37)/t15-,21+/m1/s1. The molecule has 0 unspecified atom stereocenters. The van der Waals surface area contributed by atoms with Crippen LogP contribution in [0.1, 0.15) is 69.9 Å². The third-order valence-electron chi connectivity index (χ3n) is 7.56. The van der Waals surface area contributed by atoms with Crippen LogP contribution in [-0.2, 0) is 25.2 Å². The molecule has 0 aliphatic carbocycles. The Morgan fingerprint density at radius 1 is 1.05 bits per heavy atom. The van der Waals surface area contributed by atoms with Crippen molar-refractivity contribution in [1.29, 1.82) is 0 Å². The maximum atomic E-state index is 13.9. The van der Waals surface area contributed by atoms with Crippen LogP contribution >= 0.6 is 0 Å². The van der Waals surface area contributed by atoms with Gasteiger partial charge in [0.2, 0.25) is 5.95 Å². The van der Waals surface area contributed by atoms with Gasteiger partial charge in [-0.3, -0.25) is 9.69 Å². The lowest BCUT2D eigenvalue weighted by molar-refractivity contribution is -0.137. The number of piperidine rings is 1. The number of alkyl halides is 5. The van der Waals surface area contributed by atoms with E-state index in [4.69, 9.17) is 0 Å². The zero-order valence-electron chi connectivity index (χ0n) is 22.6. The lowest BCUT2D eigenvalue weighted by Crippen LogP contribution is -2.50. The zero-order chi connectivity index (χ0) is 30.4. The third kappa shape index (κ3) is 6.17. The van der Waals surface area contributed by atoms with E-state index in [1.54, 1.807) is 11.1 Å². The molecule has 0 bridgehead atoms. The number of halogens is 5. The maximum absolute atomic E-state index is 13.9. The minimum atomic E-state index is -4.81. The highest BCUT2D eigenvalue weighted by molar-refractivity contribution is 5.96. The number of carbonyl (C=O) groups excluding carboxylic acids is 1. The number of hydrogen-bond acceptors (Lipinski definition) is 7. The number of carbonyl (C=O) groups is 2. The van der Waals surface area contributed by atoms with Gasteiger partial charge in [0.25, 0.3) is 11.8 Å². The molecule has 5 rings (SSSR count). The molecule has 4 heterocycles. The number of amides is 1. The summed E-state index contributed by atoms with van der Waals surface area (Å²) in [4.78, 5) is 40.6. The van der Waals surface area contributed by atoms with Gasteiger partial charge in [-0.15, -0.1) is 0 Å². The number of carboxylic acids is 1. The topological polar surface area (TPSA) is 112 Å². The van der Waals surface area contributed by atoms with Gasteiger partial charge < -0.3 is 15.3 Å². The molecule has 1 saturated heterocycles. The lowest BCUT2D eigenvalue weighted by Gasteiger charge is -2.41.